The predicted octanol–water partition coefficient (Wildman–Crippen LogP) is 3.02. The van der Waals surface area contributed by atoms with E-state index in [9.17, 15) is 14.4 Å². The van der Waals surface area contributed by atoms with Gasteiger partial charge < -0.3 is 10.0 Å². The second-order valence-electron chi connectivity index (χ2n) is 7.37. The molecule has 0 bridgehead atoms. The number of benzene rings is 1. The van der Waals surface area contributed by atoms with Crippen LogP contribution in [-0.4, -0.2) is 50.5 Å². The second-order valence-corrected chi connectivity index (χ2v) is 7.37. The number of ketones is 1. The third kappa shape index (κ3) is 4.47. The minimum absolute atomic E-state index is 0.00202. The Balaban J connectivity index is 1.50. The van der Waals surface area contributed by atoms with Gasteiger partial charge in [0.1, 0.15) is 0 Å². The highest BCUT2D eigenvalue weighted by Gasteiger charge is 2.25. The normalized spacial score (nSPS) is 14.9. The molecule has 0 spiro atoms. The summed E-state index contributed by atoms with van der Waals surface area (Å²) in [6, 6.07) is 5.87. The van der Waals surface area contributed by atoms with E-state index in [0.29, 0.717) is 18.7 Å². The van der Waals surface area contributed by atoms with Crippen molar-refractivity contribution < 1.29 is 19.5 Å². The quantitative estimate of drug-likeness (QED) is 0.774. The van der Waals surface area contributed by atoms with Crippen LogP contribution in [0.5, 0.6) is 0 Å². The van der Waals surface area contributed by atoms with Gasteiger partial charge in [-0.2, -0.15) is 5.10 Å². The molecule has 2 heterocycles. The monoisotopic (exact) mass is 383 g/mol. The van der Waals surface area contributed by atoms with Crippen molar-refractivity contribution in [1.29, 1.82) is 0 Å². The fourth-order valence-electron chi connectivity index (χ4n) is 3.58. The van der Waals surface area contributed by atoms with Crippen molar-refractivity contribution in [2.45, 2.75) is 45.6 Å². The van der Waals surface area contributed by atoms with E-state index in [-0.39, 0.29) is 36.1 Å². The number of carboxylic acids is 1. The third-order valence-electron chi connectivity index (χ3n) is 5.30. The van der Waals surface area contributed by atoms with Crippen molar-refractivity contribution in [3.63, 3.8) is 0 Å². The summed E-state index contributed by atoms with van der Waals surface area (Å²) in [5.41, 5.74) is 2.83. The Morgan fingerprint density at radius 3 is 2.50 bits per heavy atom. The summed E-state index contributed by atoms with van der Waals surface area (Å²) in [6.45, 7) is 5.03. The molecule has 1 aliphatic heterocycles. The van der Waals surface area contributed by atoms with Crippen LogP contribution in [0, 0.1) is 13.8 Å². The molecule has 1 N–H and O–H groups in total. The van der Waals surface area contributed by atoms with Crippen LogP contribution in [0.1, 0.15) is 63.6 Å². The fourth-order valence-corrected chi connectivity index (χ4v) is 3.58. The molecular formula is C21H25N3O4. The van der Waals surface area contributed by atoms with Crippen molar-refractivity contribution in [3.05, 3.63) is 52.8 Å². The number of aromatic nitrogens is 2. The van der Waals surface area contributed by atoms with Crippen LogP contribution in [0.2, 0.25) is 0 Å². The molecule has 148 valence electrons. The summed E-state index contributed by atoms with van der Waals surface area (Å²) in [5.74, 6) is -1.00. The van der Waals surface area contributed by atoms with Gasteiger partial charge in [0, 0.05) is 37.7 Å². The number of carbonyl (C=O) groups is 3. The Labute approximate surface area is 164 Å². The van der Waals surface area contributed by atoms with Crippen molar-refractivity contribution in [2.75, 3.05) is 13.1 Å². The molecule has 0 radical (unpaired) electrons. The average molecular weight is 383 g/mol. The largest absolute Gasteiger partial charge is 0.478 e. The zero-order valence-electron chi connectivity index (χ0n) is 16.2. The maximum Gasteiger partial charge on any atom is 0.338 e. The van der Waals surface area contributed by atoms with Crippen LogP contribution >= 0.6 is 0 Å². The molecule has 0 unspecified atom stereocenters. The van der Waals surface area contributed by atoms with Crippen LogP contribution in [0.4, 0.5) is 0 Å². The molecule has 28 heavy (non-hydrogen) atoms. The summed E-state index contributed by atoms with van der Waals surface area (Å²) in [5, 5.41) is 13.1. The van der Waals surface area contributed by atoms with E-state index in [1.54, 1.807) is 9.58 Å². The smallest absolute Gasteiger partial charge is 0.338 e. The van der Waals surface area contributed by atoms with E-state index in [1.165, 1.54) is 12.4 Å². The van der Waals surface area contributed by atoms with E-state index in [0.717, 1.165) is 24.0 Å². The first kappa shape index (κ1) is 19.8. The second kappa shape index (κ2) is 8.37. The summed E-state index contributed by atoms with van der Waals surface area (Å²) in [6.07, 6.45) is 4.74. The van der Waals surface area contributed by atoms with Gasteiger partial charge in [-0.05, 0) is 38.3 Å². The van der Waals surface area contributed by atoms with E-state index in [1.807, 2.05) is 32.0 Å². The molecule has 7 heteroatoms. The number of rotatable bonds is 6. The standard InChI is InChI=1S/C21H25N3O4/c1-14-3-4-15(2)18(11-14)19(25)5-6-20(26)23-9-7-17(8-10-23)24-13-16(12-22-24)21(27)28/h3-4,11-13,17H,5-10H2,1-2H3,(H,27,28). The Bertz CT molecular complexity index is 895. The van der Waals surface area contributed by atoms with E-state index >= 15 is 0 Å². The number of aryl methyl sites for hydroxylation is 2. The van der Waals surface area contributed by atoms with Crippen LogP contribution in [0.25, 0.3) is 0 Å². The number of hydrogen-bond donors (Lipinski definition) is 1. The number of carboxylic acid groups (broad SMARTS) is 1. The number of amides is 1. The van der Waals surface area contributed by atoms with E-state index in [4.69, 9.17) is 5.11 Å². The Hall–Kier alpha value is -2.96. The lowest BCUT2D eigenvalue weighted by Crippen LogP contribution is -2.39. The first-order valence-corrected chi connectivity index (χ1v) is 9.51. The van der Waals surface area contributed by atoms with Gasteiger partial charge in [-0.15, -0.1) is 0 Å². The van der Waals surface area contributed by atoms with Crippen LogP contribution in [0.3, 0.4) is 0 Å². The number of aromatic carboxylic acids is 1. The molecule has 1 fully saturated rings. The van der Waals surface area contributed by atoms with Gasteiger partial charge in [-0.3, -0.25) is 14.3 Å². The number of likely N-dealkylation sites (tertiary alicyclic amines) is 1. The Morgan fingerprint density at radius 2 is 1.86 bits per heavy atom. The highest BCUT2D eigenvalue weighted by atomic mass is 16.4. The van der Waals surface area contributed by atoms with Crippen LogP contribution in [-0.2, 0) is 4.79 Å². The molecule has 0 saturated carbocycles. The molecule has 1 aliphatic rings. The van der Waals surface area contributed by atoms with Crippen LogP contribution < -0.4 is 0 Å². The molecule has 0 aliphatic carbocycles. The zero-order chi connectivity index (χ0) is 20.3. The summed E-state index contributed by atoms with van der Waals surface area (Å²) in [7, 11) is 0. The average Bonchev–Trinajstić information content (AvgIpc) is 3.18. The highest BCUT2D eigenvalue weighted by molar-refractivity contribution is 5.99. The van der Waals surface area contributed by atoms with Crippen molar-refractivity contribution in [3.8, 4) is 0 Å². The van der Waals surface area contributed by atoms with Crippen molar-refractivity contribution in [1.82, 2.24) is 14.7 Å². The highest BCUT2D eigenvalue weighted by Crippen LogP contribution is 2.23. The van der Waals surface area contributed by atoms with Gasteiger partial charge in [0.05, 0.1) is 17.8 Å². The van der Waals surface area contributed by atoms with Gasteiger partial charge in [-0.25, -0.2) is 4.79 Å². The fraction of sp³-hybridized carbons (Fsp3) is 0.429. The predicted molar refractivity (Wildman–Crippen MR) is 104 cm³/mol. The maximum absolute atomic E-state index is 12.5. The summed E-state index contributed by atoms with van der Waals surface area (Å²) in [4.78, 5) is 37.7. The van der Waals surface area contributed by atoms with Gasteiger partial charge >= 0.3 is 5.97 Å². The summed E-state index contributed by atoms with van der Waals surface area (Å²) >= 11 is 0. The van der Waals surface area contributed by atoms with Gasteiger partial charge in [0.25, 0.3) is 0 Å². The molecule has 1 aromatic heterocycles. The SMILES string of the molecule is Cc1ccc(C)c(C(=O)CCC(=O)N2CCC(n3cc(C(=O)O)cn3)CC2)c1. The lowest BCUT2D eigenvalue weighted by Gasteiger charge is -2.32. The van der Waals surface area contributed by atoms with Gasteiger partial charge in [-0.1, -0.05) is 17.7 Å². The molecule has 0 atom stereocenters. The number of carbonyl (C=O) groups excluding carboxylic acids is 2. The third-order valence-corrected chi connectivity index (χ3v) is 5.30. The maximum atomic E-state index is 12.5. The molecule has 1 amide bonds. The van der Waals surface area contributed by atoms with Crippen molar-refractivity contribution in [2.24, 2.45) is 0 Å². The number of hydrogen-bond acceptors (Lipinski definition) is 4. The minimum Gasteiger partial charge on any atom is -0.478 e. The molecule has 7 nitrogen and oxygen atoms in total. The van der Waals surface area contributed by atoms with Crippen molar-refractivity contribution >= 4 is 17.7 Å². The number of piperidine rings is 1. The van der Waals surface area contributed by atoms with Gasteiger partial charge in [0.15, 0.2) is 5.78 Å². The molecule has 3 rings (SSSR count). The molecule has 1 saturated heterocycles. The lowest BCUT2D eigenvalue weighted by atomic mass is 9.98. The Kier molecular flexibility index (Phi) is 5.92. The topological polar surface area (TPSA) is 92.5 Å². The first-order valence-electron chi connectivity index (χ1n) is 9.51. The zero-order valence-corrected chi connectivity index (χ0v) is 16.2. The molecular weight excluding hydrogens is 358 g/mol. The minimum atomic E-state index is -0.993. The number of nitrogens with zero attached hydrogens (tertiary/aromatic N) is 3. The van der Waals surface area contributed by atoms with E-state index in [2.05, 4.69) is 5.10 Å². The van der Waals surface area contributed by atoms with Gasteiger partial charge in [0.2, 0.25) is 5.91 Å². The summed E-state index contributed by atoms with van der Waals surface area (Å²) < 4.78 is 1.68. The lowest BCUT2D eigenvalue weighted by molar-refractivity contribution is -0.132. The number of Topliss-reactive ketones (excluding diaryl/α,β-unsaturated/α-hetero) is 1. The van der Waals surface area contributed by atoms with Crippen LogP contribution in [0.15, 0.2) is 30.6 Å². The molecule has 2 aromatic rings. The molecule has 1 aromatic carbocycles. The Morgan fingerprint density at radius 1 is 1.14 bits per heavy atom. The van der Waals surface area contributed by atoms with E-state index < -0.39 is 5.97 Å². The first-order chi connectivity index (χ1) is 13.3.